The molecule has 0 atom stereocenters. The number of amides is 1. The molecule has 0 aliphatic carbocycles. The zero-order valence-electron chi connectivity index (χ0n) is 9.18. The SMILES string of the molecule is CNC(=O)Cc1csc(C(C)(C)C)c1. The fourth-order valence-corrected chi connectivity index (χ4v) is 2.14. The summed E-state index contributed by atoms with van der Waals surface area (Å²) in [5.74, 6) is 0.0725. The van der Waals surface area contributed by atoms with E-state index in [1.54, 1.807) is 18.4 Å². The van der Waals surface area contributed by atoms with Gasteiger partial charge in [0.05, 0.1) is 6.42 Å². The van der Waals surface area contributed by atoms with Gasteiger partial charge in [0.15, 0.2) is 0 Å². The van der Waals surface area contributed by atoms with Crippen LogP contribution in [0.2, 0.25) is 0 Å². The first-order valence-corrected chi connectivity index (χ1v) is 5.60. The third-order valence-corrected chi connectivity index (χ3v) is 3.44. The molecular weight excluding hydrogens is 194 g/mol. The Hall–Kier alpha value is -0.830. The third-order valence-electron chi connectivity index (χ3n) is 2.04. The molecular formula is C11H17NOS. The van der Waals surface area contributed by atoms with Crippen LogP contribution in [0.5, 0.6) is 0 Å². The van der Waals surface area contributed by atoms with Gasteiger partial charge in [-0.2, -0.15) is 0 Å². The molecule has 1 heterocycles. The Morgan fingerprint density at radius 3 is 2.57 bits per heavy atom. The summed E-state index contributed by atoms with van der Waals surface area (Å²) in [4.78, 5) is 12.5. The third kappa shape index (κ3) is 2.84. The molecule has 0 saturated heterocycles. The standard InChI is InChI=1S/C11H17NOS/c1-11(2,3)9-5-8(7-14-9)6-10(13)12-4/h5,7H,6H2,1-4H3,(H,12,13). The van der Waals surface area contributed by atoms with E-state index in [9.17, 15) is 4.79 Å². The van der Waals surface area contributed by atoms with E-state index in [2.05, 4.69) is 37.5 Å². The summed E-state index contributed by atoms with van der Waals surface area (Å²) in [5, 5.41) is 4.69. The van der Waals surface area contributed by atoms with E-state index < -0.39 is 0 Å². The largest absolute Gasteiger partial charge is 0.359 e. The predicted octanol–water partition coefficient (Wildman–Crippen LogP) is 2.33. The summed E-state index contributed by atoms with van der Waals surface area (Å²) in [6.45, 7) is 6.55. The van der Waals surface area contributed by atoms with Crippen molar-refractivity contribution in [1.82, 2.24) is 5.32 Å². The Morgan fingerprint density at radius 1 is 1.50 bits per heavy atom. The van der Waals surface area contributed by atoms with Crippen LogP contribution in [0.1, 0.15) is 31.2 Å². The van der Waals surface area contributed by atoms with Crippen molar-refractivity contribution < 1.29 is 4.79 Å². The van der Waals surface area contributed by atoms with E-state index in [1.807, 2.05) is 0 Å². The zero-order chi connectivity index (χ0) is 10.8. The zero-order valence-corrected chi connectivity index (χ0v) is 9.99. The van der Waals surface area contributed by atoms with Crippen molar-refractivity contribution in [2.45, 2.75) is 32.6 Å². The van der Waals surface area contributed by atoms with Gasteiger partial charge in [0.25, 0.3) is 0 Å². The van der Waals surface area contributed by atoms with Crippen LogP contribution in [0, 0.1) is 0 Å². The predicted molar refractivity (Wildman–Crippen MR) is 60.8 cm³/mol. The molecule has 14 heavy (non-hydrogen) atoms. The van der Waals surface area contributed by atoms with Gasteiger partial charge in [-0.05, 0) is 22.4 Å². The summed E-state index contributed by atoms with van der Waals surface area (Å²) in [7, 11) is 1.67. The summed E-state index contributed by atoms with van der Waals surface area (Å²) < 4.78 is 0. The van der Waals surface area contributed by atoms with Gasteiger partial charge in [0.1, 0.15) is 0 Å². The molecule has 0 unspecified atom stereocenters. The quantitative estimate of drug-likeness (QED) is 0.799. The summed E-state index contributed by atoms with van der Waals surface area (Å²) in [5.41, 5.74) is 1.30. The number of hydrogen-bond donors (Lipinski definition) is 1. The molecule has 0 fully saturated rings. The van der Waals surface area contributed by atoms with Crippen molar-refractivity contribution >= 4 is 17.2 Å². The summed E-state index contributed by atoms with van der Waals surface area (Å²) in [6, 6.07) is 2.12. The van der Waals surface area contributed by atoms with Gasteiger partial charge in [0, 0.05) is 11.9 Å². The smallest absolute Gasteiger partial charge is 0.224 e. The molecule has 0 aromatic carbocycles. The molecule has 1 amide bonds. The number of carbonyl (C=O) groups excluding carboxylic acids is 1. The highest BCUT2D eigenvalue weighted by atomic mass is 32.1. The number of thiophene rings is 1. The first-order valence-electron chi connectivity index (χ1n) is 4.72. The van der Waals surface area contributed by atoms with Gasteiger partial charge in [-0.25, -0.2) is 0 Å². The molecule has 1 rings (SSSR count). The van der Waals surface area contributed by atoms with Gasteiger partial charge in [-0.1, -0.05) is 20.8 Å². The van der Waals surface area contributed by atoms with Crippen LogP contribution in [-0.2, 0) is 16.6 Å². The lowest BCUT2D eigenvalue weighted by molar-refractivity contribution is -0.119. The topological polar surface area (TPSA) is 29.1 Å². The Bertz CT molecular complexity index is 322. The van der Waals surface area contributed by atoms with Crippen LogP contribution in [0.3, 0.4) is 0 Å². The minimum absolute atomic E-state index is 0.0725. The van der Waals surface area contributed by atoms with Gasteiger partial charge in [-0.15, -0.1) is 11.3 Å². The van der Waals surface area contributed by atoms with Crippen LogP contribution in [0.4, 0.5) is 0 Å². The molecule has 0 saturated carbocycles. The van der Waals surface area contributed by atoms with Crippen molar-refractivity contribution in [3.63, 3.8) is 0 Å². The molecule has 3 heteroatoms. The monoisotopic (exact) mass is 211 g/mol. The summed E-state index contributed by atoms with van der Waals surface area (Å²) >= 11 is 1.73. The highest BCUT2D eigenvalue weighted by Gasteiger charge is 2.16. The van der Waals surface area contributed by atoms with Crippen LogP contribution in [0.15, 0.2) is 11.4 Å². The number of carbonyl (C=O) groups is 1. The second-order valence-corrected chi connectivity index (χ2v) is 5.33. The lowest BCUT2D eigenvalue weighted by Crippen LogP contribution is -2.19. The van der Waals surface area contributed by atoms with Crippen molar-refractivity contribution in [2.75, 3.05) is 7.05 Å². The molecule has 2 nitrogen and oxygen atoms in total. The number of nitrogens with one attached hydrogen (secondary N) is 1. The average Bonchev–Trinajstić information content (AvgIpc) is 2.51. The molecule has 0 aliphatic heterocycles. The van der Waals surface area contributed by atoms with Gasteiger partial charge in [-0.3, -0.25) is 4.79 Å². The van der Waals surface area contributed by atoms with Crippen LogP contribution in [0.25, 0.3) is 0 Å². The maximum absolute atomic E-state index is 11.1. The average molecular weight is 211 g/mol. The van der Waals surface area contributed by atoms with Crippen molar-refractivity contribution in [3.8, 4) is 0 Å². The lowest BCUT2D eigenvalue weighted by Gasteiger charge is -2.15. The highest BCUT2D eigenvalue weighted by molar-refractivity contribution is 7.10. The molecule has 0 radical (unpaired) electrons. The van der Waals surface area contributed by atoms with Crippen molar-refractivity contribution in [2.24, 2.45) is 0 Å². The molecule has 0 bridgehead atoms. The van der Waals surface area contributed by atoms with Crippen LogP contribution >= 0.6 is 11.3 Å². The van der Waals surface area contributed by atoms with Gasteiger partial charge in [0.2, 0.25) is 5.91 Å². The fourth-order valence-electron chi connectivity index (χ4n) is 1.14. The maximum Gasteiger partial charge on any atom is 0.224 e. The maximum atomic E-state index is 11.1. The molecule has 0 spiro atoms. The minimum atomic E-state index is 0.0725. The second-order valence-electron chi connectivity index (χ2n) is 4.42. The molecule has 1 aromatic heterocycles. The van der Waals surface area contributed by atoms with E-state index in [0.29, 0.717) is 6.42 Å². The molecule has 78 valence electrons. The number of rotatable bonds is 2. The van der Waals surface area contributed by atoms with Crippen LogP contribution in [-0.4, -0.2) is 13.0 Å². The van der Waals surface area contributed by atoms with Gasteiger partial charge < -0.3 is 5.32 Å². The second kappa shape index (κ2) is 4.13. The fraction of sp³-hybridized carbons (Fsp3) is 0.545. The number of hydrogen-bond acceptors (Lipinski definition) is 2. The van der Waals surface area contributed by atoms with Crippen molar-refractivity contribution in [1.29, 1.82) is 0 Å². The Morgan fingerprint density at radius 2 is 2.14 bits per heavy atom. The lowest BCUT2D eigenvalue weighted by atomic mass is 9.94. The highest BCUT2D eigenvalue weighted by Crippen LogP contribution is 2.28. The van der Waals surface area contributed by atoms with E-state index in [1.165, 1.54) is 4.88 Å². The van der Waals surface area contributed by atoms with E-state index in [4.69, 9.17) is 0 Å². The first-order chi connectivity index (χ1) is 6.43. The van der Waals surface area contributed by atoms with Gasteiger partial charge >= 0.3 is 0 Å². The normalized spacial score (nSPS) is 11.4. The Labute approximate surface area is 89.3 Å². The Balaban J connectivity index is 2.74. The first kappa shape index (κ1) is 11.2. The van der Waals surface area contributed by atoms with Crippen LogP contribution < -0.4 is 5.32 Å². The summed E-state index contributed by atoms with van der Waals surface area (Å²) in [6.07, 6.45) is 0.489. The van der Waals surface area contributed by atoms with E-state index >= 15 is 0 Å². The van der Waals surface area contributed by atoms with E-state index in [0.717, 1.165) is 5.56 Å². The molecule has 1 aromatic rings. The van der Waals surface area contributed by atoms with Crippen molar-refractivity contribution in [3.05, 3.63) is 21.9 Å². The van der Waals surface area contributed by atoms with E-state index in [-0.39, 0.29) is 11.3 Å². The molecule has 1 N–H and O–H groups in total. The minimum Gasteiger partial charge on any atom is -0.359 e. The molecule has 0 aliphatic rings. The number of likely N-dealkylation sites (N-methyl/N-ethyl adjacent to an activating group) is 1. The Kier molecular flexibility index (Phi) is 3.32.